The van der Waals surface area contributed by atoms with Crippen LogP contribution < -0.4 is 14.8 Å². The molecule has 0 bridgehead atoms. The minimum Gasteiger partial charge on any atom is -0.489 e. The smallest absolute Gasteiger partial charge is 0.412 e. The van der Waals surface area contributed by atoms with Crippen molar-refractivity contribution in [2.75, 3.05) is 13.7 Å². The van der Waals surface area contributed by atoms with Gasteiger partial charge in [0, 0.05) is 7.05 Å². The van der Waals surface area contributed by atoms with E-state index in [4.69, 9.17) is 9.47 Å². The van der Waals surface area contributed by atoms with Crippen molar-refractivity contribution in [3.05, 3.63) is 24.3 Å². The summed E-state index contributed by atoms with van der Waals surface area (Å²) in [7, 11) is 1.52. The molecule has 0 heterocycles. The van der Waals surface area contributed by atoms with E-state index in [1.54, 1.807) is 18.2 Å². The highest BCUT2D eigenvalue weighted by atomic mass is 16.6. The summed E-state index contributed by atoms with van der Waals surface area (Å²) in [6.07, 6.45) is 0.558. The highest BCUT2D eigenvalue weighted by Gasteiger charge is 2.09. The van der Waals surface area contributed by atoms with Crippen LogP contribution in [0.15, 0.2) is 24.3 Å². The van der Waals surface area contributed by atoms with Gasteiger partial charge in [0.1, 0.15) is 0 Å². The van der Waals surface area contributed by atoms with Gasteiger partial charge in [0.25, 0.3) is 0 Å². The molecule has 0 aliphatic heterocycles. The van der Waals surface area contributed by atoms with Gasteiger partial charge in [-0.3, -0.25) is 0 Å². The number of hydrogen-bond acceptors (Lipinski definition) is 3. The average molecular weight is 237 g/mol. The molecule has 1 unspecified atom stereocenters. The molecular weight excluding hydrogens is 218 g/mol. The molecule has 1 amide bonds. The first-order valence-electron chi connectivity index (χ1n) is 5.78. The van der Waals surface area contributed by atoms with Crippen molar-refractivity contribution in [2.24, 2.45) is 5.92 Å². The molecule has 0 radical (unpaired) electrons. The maximum atomic E-state index is 11.1. The lowest BCUT2D eigenvalue weighted by atomic mass is 10.1. The molecule has 0 aliphatic rings. The largest absolute Gasteiger partial charge is 0.489 e. The minimum atomic E-state index is -0.496. The third-order valence-corrected chi connectivity index (χ3v) is 2.48. The van der Waals surface area contributed by atoms with Gasteiger partial charge in [0.05, 0.1) is 6.61 Å². The molecule has 1 aromatic carbocycles. The first-order valence-corrected chi connectivity index (χ1v) is 5.78. The molecule has 1 rings (SSSR count). The highest BCUT2D eigenvalue weighted by Crippen LogP contribution is 2.27. The molecule has 4 nitrogen and oxygen atoms in total. The van der Waals surface area contributed by atoms with Crippen molar-refractivity contribution in [1.82, 2.24) is 5.32 Å². The predicted molar refractivity (Wildman–Crippen MR) is 66.5 cm³/mol. The summed E-state index contributed by atoms with van der Waals surface area (Å²) in [5.41, 5.74) is 0. The van der Waals surface area contributed by atoms with Crippen LogP contribution in [0.1, 0.15) is 20.3 Å². The van der Waals surface area contributed by atoms with Crippen LogP contribution in [0.4, 0.5) is 4.79 Å². The quantitative estimate of drug-likeness (QED) is 0.856. The SMILES string of the molecule is CCC(C)COc1ccccc1OC(=O)NC. The standard InChI is InChI=1S/C13H19NO3/c1-4-10(2)9-16-11-7-5-6-8-12(11)17-13(15)14-3/h5-8,10H,4,9H2,1-3H3,(H,14,15). The third-order valence-electron chi connectivity index (χ3n) is 2.48. The number of carbonyl (C=O) groups excluding carboxylic acids is 1. The van der Waals surface area contributed by atoms with E-state index in [1.807, 2.05) is 6.07 Å². The highest BCUT2D eigenvalue weighted by molar-refractivity contribution is 5.70. The lowest BCUT2D eigenvalue weighted by molar-refractivity contribution is 0.196. The van der Waals surface area contributed by atoms with Crippen molar-refractivity contribution in [2.45, 2.75) is 20.3 Å². The first-order chi connectivity index (χ1) is 8.17. The third kappa shape index (κ3) is 4.34. The lowest BCUT2D eigenvalue weighted by Gasteiger charge is -2.13. The summed E-state index contributed by atoms with van der Waals surface area (Å²) >= 11 is 0. The predicted octanol–water partition coefficient (Wildman–Crippen LogP) is 2.83. The molecular formula is C13H19NO3. The van der Waals surface area contributed by atoms with Crippen molar-refractivity contribution < 1.29 is 14.3 Å². The van der Waals surface area contributed by atoms with Crippen LogP contribution in [0.5, 0.6) is 11.5 Å². The van der Waals surface area contributed by atoms with Crippen LogP contribution in [-0.2, 0) is 0 Å². The zero-order chi connectivity index (χ0) is 12.7. The molecule has 0 fully saturated rings. The molecule has 0 aromatic heterocycles. The number of nitrogens with one attached hydrogen (secondary N) is 1. The van der Waals surface area contributed by atoms with Crippen molar-refractivity contribution in [3.63, 3.8) is 0 Å². The normalized spacial score (nSPS) is 11.7. The summed E-state index contributed by atoms with van der Waals surface area (Å²) in [6.45, 7) is 4.84. The monoisotopic (exact) mass is 237 g/mol. The molecule has 4 heteroatoms. The van der Waals surface area contributed by atoms with Gasteiger partial charge in [0.15, 0.2) is 11.5 Å². The first kappa shape index (κ1) is 13.4. The van der Waals surface area contributed by atoms with Gasteiger partial charge >= 0.3 is 6.09 Å². The van der Waals surface area contributed by atoms with E-state index >= 15 is 0 Å². The maximum absolute atomic E-state index is 11.1. The van der Waals surface area contributed by atoms with Crippen molar-refractivity contribution in [3.8, 4) is 11.5 Å². The van der Waals surface area contributed by atoms with E-state index in [2.05, 4.69) is 19.2 Å². The summed E-state index contributed by atoms with van der Waals surface area (Å²) in [6, 6.07) is 7.15. The van der Waals surface area contributed by atoms with Crippen LogP contribution in [0.2, 0.25) is 0 Å². The van der Waals surface area contributed by atoms with Gasteiger partial charge < -0.3 is 14.8 Å². The fourth-order valence-electron chi connectivity index (χ4n) is 1.15. The van der Waals surface area contributed by atoms with Crippen LogP contribution in [0, 0.1) is 5.92 Å². The minimum absolute atomic E-state index is 0.440. The number of ether oxygens (including phenoxy) is 2. The van der Waals surface area contributed by atoms with Gasteiger partial charge in [-0.25, -0.2) is 4.79 Å². The second-order valence-corrected chi connectivity index (χ2v) is 3.91. The second-order valence-electron chi connectivity index (χ2n) is 3.91. The fraction of sp³-hybridized carbons (Fsp3) is 0.462. The molecule has 0 aliphatic carbocycles. The number of para-hydroxylation sites is 2. The fourth-order valence-corrected chi connectivity index (χ4v) is 1.15. The summed E-state index contributed by atoms with van der Waals surface area (Å²) in [5, 5.41) is 2.40. The Labute approximate surface area is 102 Å². The van der Waals surface area contributed by atoms with Crippen LogP contribution in [0.25, 0.3) is 0 Å². The summed E-state index contributed by atoms with van der Waals surface area (Å²) in [4.78, 5) is 11.1. The Balaban J connectivity index is 2.67. The number of hydrogen-bond donors (Lipinski definition) is 1. The van der Waals surface area contributed by atoms with Crippen molar-refractivity contribution >= 4 is 6.09 Å². The maximum Gasteiger partial charge on any atom is 0.412 e. The zero-order valence-electron chi connectivity index (χ0n) is 10.5. The second kappa shape index (κ2) is 6.78. The Morgan fingerprint density at radius 1 is 1.35 bits per heavy atom. The van der Waals surface area contributed by atoms with E-state index in [9.17, 15) is 4.79 Å². The topological polar surface area (TPSA) is 47.6 Å². The Hall–Kier alpha value is -1.71. The van der Waals surface area contributed by atoms with Crippen molar-refractivity contribution in [1.29, 1.82) is 0 Å². The molecule has 94 valence electrons. The van der Waals surface area contributed by atoms with E-state index in [0.29, 0.717) is 24.0 Å². The Morgan fingerprint density at radius 3 is 2.59 bits per heavy atom. The Bertz CT molecular complexity index is 365. The number of rotatable bonds is 5. The van der Waals surface area contributed by atoms with E-state index < -0.39 is 6.09 Å². The Kier molecular flexibility index (Phi) is 5.33. The van der Waals surface area contributed by atoms with E-state index in [0.717, 1.165) is 6.42 Å². The van der Waals surface area contributed by atoms with Gasteiger partial charge in [0.2, 0.25) is 0 Å². The summed E-state index contributed by atoms with van der Waals surface area (Å²) in [5.74, 6) is 1.51. The summed E-state index contributed by atoms with van der Waals surface area (Å²) < 4.78 is 10.7. The number of amides is 1. The van der Waals surface area contributed by atoms with Gasteiger partial charge in [-0.2, -0.15) is 0 Å². The zero-order valence-corrected chi connectivity index (χ0v) is 10.5. The molecule has 1 atom stereocenters. The molecule has 0 saturated heterocycles. The lowest BCUT2D eigenvalue weighted by Crippen LogP contribution is -2.22. The molecule has 1 aromatic rings. The van der Waals surface area contributed by atoms with Gasteiger partial charge in [-0.05, 0) is 18.1 Å². The average Bonchev–Trinajstić information content (AvgIpc) is 2.37. The molecule has 0 saturated carbocycles. The number of carbonyl (C=O) groups is 1. The van der Waals surface area contributed by atoms with Crippen LogP contribution in [-0.4, -0.2) is 19.7 Å². The molecule has 0 spiro atoms. The van der Waals surface area contributed by atoms with Crippen LogP contribution >= 0.6 is 0 Å². The Morgan fingerprint density at radius 2 is 2.00 bits per heavy atom. The van der Waals surface area contributed by atoms with E-state index in [1.165, 1.54) is 7.05 Å². The van der Waals surface area contributed by atoms with Gasteiger partial charge in [-0.1, -0.05) is 32.4 Å². The molecule has 17 heavy (non-hydrogen) atoms. The van der Waals surface area contributed by atoms with Gasteiger partial charge in [-0.15, -0.1) is 0 Å². The van der Waals surface area contributed by atoms with Crippen LogP contribution in [0.3, 0.4) is 0 Å². The van der Waals surface area contributed by atoms with E-state index in [-0.39, 0.29) is 0 Å². The number of benzene rings is 1. The molecule has 1 N–H and O–H groups in total.